The Bertz CT molecular complexity index is 1210. The molecule has 0 saturated heterocycles. The smallest absolute Gasteiger partial charge is 0.408 e. The van der Waals surface area contributed by atoms with Crippen molar-refractivity contribution in [3.63, 3.8) is 0 Å². The summed E-state index contributed by atoms with van der Waals surface area (Å²) in [6.45, 7) is 13.4. The lowest BCUT2D eigenvalue weighted by Crippen LogP contribution is -2.55. The van der Waals surface area contributed by atoms with Gasteiger partial charge in [-0.3, -0.25) is 9.59 Å². The van der Waals surface area contributed by atoms with Crippen molar-refractivity contribution in [3.05, 3.63) is 53.6 Å². The molecule has 0 fully saturated rings. The molecule has 0 aliphatic heterocycles. The van der Waals surface area contributed by atoms with E-state index in [2.05, 4.69) is 17.6 Å². The zero-order valence-electron chi connectivity index (χ0n) is 27.9. The number of phenolic OH excluding ortho intramolecular Hbond substituents is 1. The van der Waals surface area contributed by atoms with E-state index in [0.29, 0.717) is 42.0 Å². The third-order valence-electron chi connectivity index (χ3n) is 7.64. The van der Waals surface area contributed by atoms with Crippen molar-refractivity contribution in [2.24, 2.45) is 5.92 Å². The minimum atomic E-state index is -1.02. The molecule has 2 aromatic carbocycles. The van der Waals surface area contributed by atoms with E-state index < -0.39 is 29.7 Å². The number of hydrogen-bond acceptors (Lipinski definition) is 6. The van der Waals surface area contributed by atoms with E-state index in [9.17, 15) is 19.5 Å². The van der Waals surface area contributed by atoms with Crippen LogP contribution < -0.4 is 15.4 Å². The second-order valence-electron chi connectivity index (χ2n) is 12.5. The Labute approximate surface area is 263 Å². The number of rotatable bonds is 16. The minimum absolute atomic E-state index is 0.0981. The van der Waals surface area contributed by atoms with E-state index >= 15 is 0 Å². The Morgan fingerprint density at radius 3 is 2.16 bits per heavy atom. The Balaban J connectivity index is 2.56. The van der Waals surface area contributed by atoms with Gasteiger partial charge in [0.05, 0.1) is 7.11 Å². The van der Waals surface area contributed by atoms with E-state index in [1.54, 1.807) is 76.1 Å². The van der Waals surface area contributed by atoms with Gasteiger partial charge < -0.3 is 30.1 Å². The van der Waals surface area contributed by atoms with Crippen LogP contribution in [0.2, 0.25) is 0 Å². The van der Waals surface area contributed by atoms with Crippen molar-refractivity contribution in [3.8, 4) is 11.5 Å². The molecule has 3 amide bonds. The molecule has 0 aromatic heterocycles. The van der Waals surface area contributed by atoms with Crippen LogP contribution in [-0.2, 0) is 14.3 Å². The van der Waals surface area contributed by atoms with Gasteiger partial charge in [-0.05, 0) is 87.6 Å². The number of alkyl carbamates (subject to hydrolysis) is 1. The van der Waals surface area contributed by atoms with Crippen LogP contribution in [0.4, 0.5) is 10.5 Å². The normalized spacial score (nSPS) is 13.4. The van der Waals surface area contributed by atoms with Gasteiger partial charge in [0.15, 0.2) is 0 Å². The zero-order valence-corrected chi connectivity index (χ0v) is 27.9. The first kappa shape index (κ1) is 36.4. The Morgan fingerprint density at radius 2 is 1.59 bits per heavy atom. The molecule has 3 N–H and O–H groups in total. The average molecular weight is 612 g/mol. The van der Waals surface area contributed by atoms with Crippen molar-refractivity contribution in [1.29, 1.82) is 0 Å². The number of phenols is 1. The van der Waals surface area contributed by atoms with E-state index in [1.807, 2.05) is 13.8 Å². The zero-order chi connectivity index (χ0) is 32.9. The Hall–Kier alpha value is -3.75. The molecule has 9 heteroatoms. The van der Waals surface area contributed by atoms with Crippen LogP contribution in [0, 0.1) is 12.8 Å². The van der Waals surface area contributed by atoms with Gasteiger partial charge in [-0.2, -0.15) is 0 Å². The molecule has 9 nitrogen and oxygen atoms in total. The Kier molecular flexibility index (Phi) is 14.5. The number of anilines is 1. The first-order valence-corrected chi connectivity index (χ1v) is 15.9. The molecule has 244 valence electrons. The van der Waals surface area contributed by atoms with Gasteiger partial charge in [-0.15, -0.1) is 0 Å². The lowest BCUT2D eigenvalue weighted by atomic mass is 9.95. The fourth-order valence-electron chi connectivity index (χ4n) is 4.93. The first-order chi connectivity index (χ1) is 20.8. The predicted molar refractivity (Wildman–Crippen MR) is 175 cm³/mol. The van der Waals surface area contributed by atoms with Crippen LogP contribution in [0.3, 0.4) is 0 Å². The largest absolute Gasteiger partial charge is 0.508 e. The summed E-state index contributed by atoms with van der Waals surface area (Å²) >= 11 is 0. The number of amides is 3. The molecule has 0 radical (unpaired) electrons. The molecule has 0 aliphatic carbocycles. The first-order valence-electron chi connectivity index (χ1n) is 15.9. The number of benzene rings is 2. The number of methoxy groups -OCH3 is 1. The van der Waals surface area contributed by atoms with Crippen molar-refractivity contribution in [1.82, 2.24) is 10.2 Å². The highest BCUT2D eigenvalue weighted by Gasteiger charge is 2.38. The number of nitrogens with zero attached hydrogens (tertiary/aromatic N) is 1. The molecule has 0 saturated carbocycles. The number of hydrogen-bond donors (Lipinski definition) is 3. The van der Waals surface area contributed by atoms with Gasteiger partial charge in [0.2, 0.25) is 5.91 Å². The molecule has 44 heavy (non-hydrogen) atoms. The fourth-order valence-corrected chi connectivity index (χ4v) is 4.93. The minimum Gasteiger partial charge on any atom is -0.508 e. The summed E-state index contributed by atoms with van der Waals surface area (Å²) < 4.78 is 10.8. The van der Waals surface area contributed by atoms with Gasteiger partial charge in [-0.1, -0.05) is 65.4 Å². The number of aryl methyl sites for hydroxylation is 1. The number of aromatic hydroxyl groups is 1. The molecule has 0 heterocycles. The monoisotopic (exact) mass is 611 g/mol. The summed E-state index contributed by atoms with van der Waals surface area (Å²) in [4.78, 5) is 43.2. The fraction of sp³-hybridized carbons (Fsp3) is 0.571. The van der Waals surface area contributed by atoms with Gasteiger partial charge in [-0.25, -0.2) is 4.79 Å². The number of unbranched alkanes of at least 4 members (excludes halogenated alkanes) is 5. The summed E-state index contributed by atoms with van der Waals surface area (Å²) in [5.41, 5.74) is 0.955. The molecule has 0 aliphatic rings. The molecule has 0 bridgehead atoms. The third-order valence-corrected chi connectivity index (χ3v) is 7.64. The van der Waals surface area contributed by atoms with Crippen LogP contribution in [0.15, 0.2) is 42.5 Å². The maximum Gasteiger partial charge on any atom is 0.408 e. The van der Waals surface area contributed by atoms with Crippen LogP contribution >= 0.6 is 0 Å². The highest BCUT2D eigenvalue weighted by atomic mass is 16.6. The maximum atomic E-state index is 14.5. The van der Waals surface area contributed by atoms with Crippen LogP contribution in [0.1, 0.15) is 104 Å². The third kappa shape index (κ3) is 11.4. The second kappa shape index (κ2) is 17.5. The molecular weight excluding hydrogens is 558 g/mol. The number of ether oxygens (including phenoxy) is 2. The average Bonchev–Trinajstić information content (AvgIpc) is 2.97. The second-order valence-corrected chi connectivity index (χ2v) is 12.5. The number of nitrogens with one attached hydrogen (secondary N) is 2. The lowest BCUT2D eigenvalue weighted by Gasteiger charge is -2.36. The number of carbonyl (C=O) groups excluding carboxylic acids is 3. The van der Waals surface area contributed by atoms with E-state index in [0.717, 1.165) is 32.1 Å². The molecule has 3 unspecified atom stereocenters. The SMILES string of the molecule is CCCCCCCCN(C(=O)C(NC(=O)OC(C)(C)C)C(C)CC)C(C(=O)Nc1ccc(OC)cc1)c1ccc(O)c(C)c1. The summed E-state index contributed by atoms with van der Waals surface area (Å²) in [6, 6.07) is 9.98. The Morgan fingerprint density at radius 1 is 0.955 bits per heavy atom. The van der Waals surface area contributed by atoms with E-state index in [1.165, 1.54) is 6.07 Å². The maximum absolute atomic E-state index is 14.5. The molecule has 2 rings (SSSR count). The highest BCUT2D eigenvalue weighted by molar-refractivity contribution is 5.99. The summed E-state index contributed by atoms with van der Waals surface area (Å²) in [6.07, 6.45) is 5.95. The van der Waals surface area contributed by atoms with Gasteiger partial charge >= 0.3 is 6.09 Å². The molecule has 0 spiro atoms. The van der Waals surface area contributed by atoms with Gasteiger partial charge in [0.25, 0.3) is 5.91 Å². The molecule has 3 atom stereocenters. The van der Waals surface area contributed by atoms with Gasteiger partial charge in [0, 0.05) is 12.2 Å². The van der Waals surface area contributed by atoms with Crippen LogP contribution in [0.5, 0.6) is 11.5 Å². The van der Waals surface area contributed by atoms with Crippen LogP contribution in [-0.4, -0.2) is 53.2 Å². The number of carbonyl (C=O) groups is 3. The quantitative estimate of drug-likeness (QED) is 0.169. The molecule has 2 aromatic rings. The van der Waals surface area contributed by atoms with E-state index in [-0.39, 0.29) is 17.6 Å². The van der Waals surface area contributed by atoms with Gasteiger partial charge in [0.1, 0.15) is 29.2 Å². The standard InChI is InChI=1S/C35H53N3O6/c1-9-11-12-13-14-15-22-38(33(41)30(24(3)10-2)37-34(42)44-35(5,6)7)31(26-16-21-29(39)25(4)23-26)32(40)36-27-17-19-28(43-8)20-18-27/h16-21,23-24,30-31,39H,9-15,22H2,1-8H3,(H,36,40)(H,37,42). The molecular formula is C35H53N3O6. The summed E-state index contributed by atoms with van der Waals surface area (Å²) in [5, 5.41) is 16.1. The lowest BCUT2D eigenvalue weighted by molar-refractivity contribution is -0.142. The van der Waals surface area contributed by atoms with Crippen molar-refractivity contribution >= 4 is 23.6 Å². The van der Waals surface area contributed by atoms with Crippen molar-refractivity contribution in [2.75, 3.05) is 19.0 Å². The summed E-state index contributed by atoms with van der Waals surface area (Å²) in [7, 11) is 1.57. The van der Waals surface area contributed by atoms with Crippen LogP contribution in [0.25, 0.3) is 0 Å². The van der Waals surface area contributed by atoms with E-state index in [4.69, 9.17) is 9.47 Å². The predicted octanol–water partition coefficient (Wildman–Crippen LogP) is 7.52. The summed E-state index contributed by atoms with van der Waals surface area (Å²) in [5.74, 6) is -0.243. The van der Waals surface area contributed by atoms with Crippen molar-refractivity contribution in [2.45, 2.75) is 111 Å². The topological polar surface area (TPSA) is 117 Å². The highest BCUT2D eigenvalue weighted by Crippen LogP contribution is 2.30. The van der Waals surface area contributed by atoms with Crippen molar-refractivity contribution < 1.29 is 29.0 Å².